The van der Waals surface area contributed by atoms with Gasteiger partial charge in [0, 0.05) is 18.4 Å². The van der Waals surface area contributed by atoms with Crippen molar-refractivity contribution in [2.45, 2.75) is 12.5 Å². The van der Waals surface area contributed by atoms with Gasteiger partial charge in [0.25, 0.3) is 5.91 Å². The summed E-state index contributed by atoms with van der Waals surface area (Å²) in [6.45, 7) is 1.21. The monoisotopic (exact) mass is 380 g/mol. The first kappa shape index (κ1) is 18.4. The Morgan fingerprint density at radius 3 is 2.89 bits per heavy atom. The van der Waals surface area contributed by atoms with Crippen molar-refractivity contribution >= 4 is 16.9 Å². The van der Waals surface area contributed by atoms with Crippen LogP contribution in [0.25, 0.3) is 11.0 Å². The highest BCUT2D eigenvalue weighted by atomic mass is 16.5. The number of para-hydroxylation sites is 1. The van der Waals surface area contributed by atoms with Crippen LogP contribution in [0.2, 0.25) is 0 Å². The highest BCUT2D eigenvalue weighted by Crippen LogP contribution is 2.30. The third kappa shape index (κ3) is 3.43. The molecule has 0 aliphatic carbocycles. The zero-order valence-electron chi connectivity index (χ0n) is 16.3. The highest BCUT2D eigenvalue weighted by molar-refractivity contribution is 5.97. The smallest absolute Gasteiger partial charge is 0.287 e. The number of fused-ring (bicyclic) bond motifs is 2. The minimum Gasteiger partial charge on any atom is -0.493 e. The largest absolute Gasteiger partial charge is 0.493 e. The quantitative estimate of drug-likeness (QED) is 0.710. The van der Waals surface area contributed by atoms with E-state index < -0.39 is 0 Å². The van der Waals surface area contributed by atoms with Gasteiger partial charge >= 0.3 is 0 Å². The van der Waals surface area contributed by atoms with Crippen LogP contribution in [0.1, 0.15) is 27.7 Å². The number of hydrogen-bond acceptors (Lipinski definition) is 5. The van der Waals surface area contributed by atoms with Gasteiger partial charge in [-0.1, -0.05) is 24.3 Å². The second-order valence-corrected chi connectivity index (χ2v) is 7.14. The minimum absolute atomic E-state index is 0.0498. The summed E-state index contributed by atoms with van der Waals surface area (Å²) in [4.78, 5) is 14.8. The van der Waals surface area contributed by atoms with Crippen LogP contribution in [-0.4, -0.2) is 45.2 Å². The molecular formula is C22H24N2O4. The van der Waals surface area contributed by atoms with E-state index in [4.69, 9.17) is 13.9 Å². The fourth-order valence-electron chi connectivity index (χ4n) is 3.60. The molecule has 146 valence electrons. The van der Waals surface area contributed by atoms with Crippen molar-refractivity contribution in [1.29, 1.82) is 0 Å². The molecule has 0 radical (unpaired) electrons. The van der Waals surface area contributed by atoms with E-state index in [9.17, 15) is 4.79 Å². The van der Waals surface area contributed by atoms with Crippen molar-refractivity contribution in [3.05, 3.63) is 59.4 Å². The number of rotatable bonds is 6. The molecule has 1 amide bonds. The molecule has 1 aromatic heterocycles. The standard InChI is InChI=1S/C22H24N2O4/c1-24(2)17(14-7-8-18-15(11-14)9-10-27-18)13-23-22(25)20-12-16-5-4-6-19(26-3)21(16)28-20/h4-8,11-12,17H,9-10,13H2,1-3H3,(H,23,25)/t17-/m0/s1. The topological polar surface area (TPSA) is 63.9 Å². The van der Waals surface area contributed by atoms with Crippen LogP contribution >= 0.6 is 0 Å². The van der Waals surface area contributed by atoms with Crippen LogP contribution in [-0.2, 0) is 6.42 Å². The zero-order valence-corrected chi connectivity index (χ0v) is 16.3. The van der Waals surface area contributed by atoms with E-state index in [-0.39, 0.29) is 17.7 Å². The van der Waals surface area contributed by atoms with Crippen LogP contribution in [0.4, 0.5) is 0 Å². The lowest BCUT2D eigenvalue weighted by molar-refractivity contribution is 0.0916. The van der Waals surface area contributed by atoms with E-state index in [1.165, 1.54) is 5.56 Å². The summed E-state index contributed by atoms with van der Waals surface area (Å²) >= 11 is 0. The van der Waals surface area contributed by atoms with E-state index in [2.05, 4.69) is 22.3 Å². The normalized spacial score (nSPS) is 14.0. The van der Waals surface area contributed by atoms with Gasteiger partial charge in [-0.05, 0) is 43.4 Å². The first-order chi connectivity index (χ1) is 13.6. The molecule has 3 aromatic rings. The van der Waals surface area contributed by atoms with Gasteiger partial charge in [0.1, 0.15) is 5.75 Å². The Hall–Kier alpha value is -2.99. The van der Waals surface area contributed by atoms with Crippen molar-refractivity contribution in [2.24, 2.45) is 0 Å². The number of likely N-dealkylation sites (N-methyl/N-ethyl adjacent to an activating group) is 1. The average molecular weight is 380 g/mol. The Kier molecular flexibility index (Phi) is 4.96. The van der Waals surface area contributed by atoms with Gasteiger partial charge in [-0.2, -0.15) is 0 Å². The van der Waals surface area contributed by atoms with Gasteiger partial charge in [0.2, 0.25) is 0 Å². The zero-order chi connectivity index (χ0) is 19.7. The van der Waals surface area contributed by atoms with Crippen LogP contribution < -0.4 is 14.8 Å². The van der Waals surface area contributed by atoms with E-state index in [0.29, 0.717) is 17.9 Å². The molecule has 1 atom stereocenters. The summed E-state index contributed by atoms with van der Waals surface area (Å²) in [5.74, 6) is 1.61. The van der Waals surface area contributed by atoms with Crippen molar-refractivity contribution < 1.29 is 18.7 Å². The molecule has 1 aliphatic heterocycles. The van der Waals surface area contributed by atoms with E-state index in [1.807, 2.05) is 38.4 Å². The molecule has 0 unspecified atom stereocenters. The molecule has 0 spiro atoms. The third-order valence-corrected chi connectivity index (χ3v) is 5.13. The van der Waals surface area contributed by atoms with Crippen molar-refractivity contribution in [2.75, 3.05) is 34.4 Å². The Bertz CT molecular complexity index is 1010. The molecule has 4 rings (SSSR count). The lowest BCUT2D eigenvalue weighted by Crippen LogP contribution is -2.34. The summed E-state index contributed by atoms with van der Waals surface area (Å²) < 4.78 is 16.6. The van der Waals surface area contributed by atoms with Crippen molar-refractivity contribution in [3.8, 4) is 11.5 Å². The molecular weight excluding hydrogens is 356 g/mol. The number of carbonyl (C=O) groups is 1. The number of ether oxygens (including phenoxy) is 2. The maximum atomic E-state index is 12.7. The number of amides is 1. The van der Waals surface area contributed by atoms with E-state index in [0.717, 1.165) is 29.7 Å². The number of nitrogens with zero attached hydrogens (tertiary/aromatic N) is 1. The predicted octanol–water partition coefficient (Wildman–Crippen LogP) is 3.41. The van der Waals surface area contributed by atoms with Gasteiger partial charge in [-0.25, -0.2) is 0 Å². The molecule has 0 bridgehead atoms. The van der Waals surface area contributed by atoms with Gasteiger partial charge in [0.05, 0.1) is 19.8 Å². The SMILES string of the molecule is COc1cccc2cc(C(=O)NC[C@@H](c3ccc4c(c3)CCO4)N(C)C)oc12. The van der Waals surface area contributed by atoms with E-state index >= 15 is 0 Å². The lowest BCUT2D eigenvalue weighted by atomic mass is 10.0. The summed E-state index contributed by atoms with van der Waals surface area (Å²) in [7, 11) is 5.60. The molecule has 2 aromatic carbocycles. The number of hydrogen-bond donors (Lipinski definition) is 1. The first-order valence-electron chi connectivity index (χ1n) is 9.33. The first-order valence-corrected chi connectivity index (χ1v) is 9.33. The average Bonchev–Trinajstić information content (AvgIpc) is 3.33. The number of nitrogens with one attached hydrogen (secondary N) is 1. The molecule has 6 nitrogen and oxygen atoms in total. The van der Waals surface area contributed by atoms with Crippen LogP contribution in [0.5, 0.6) is 11.5 Å². The lowest BCUT2D eigenvalue weighted by Gasteiger charge is -2.25. The maximum absolute atomic E-state index is 12.7. The second kappa shape index (κ2) is 7.56. The summed E-state index contributed by atoms with van der Waals surface area (Å²) in [5, 5.41) is 3.84. The Morgan fingerprint density at radius 1 is 1.25 bits per heavy atom. The molecule has 0 fully saturated rings. The van der Waals surface area contributed by atoms with Gasteiger partial charge in [-0.15, -0.1) is 0 Å². The fraction of sp³-hybridized carbons (Fsp3) is 0.318. The molecule has 1 aliphatic rings. The van der Waals surface area contributed by atoms with Gasteiger partial charge in [0.15, 0.2) is 17.1 Å². The number of methoxy groups -OCH3 is 1. The molecule has 1 N–H and O–H groups in total. The van der Waals surface area contributed by atoms with Crippen LogP contribution in [0, 0.1) is 0 Å². The predicted molar refractivity (Wildman–Crippen MR) is 107 cm³/mol. The summed E-state index contributed by atoms with van der Waals surface area (Å²) in [5.41, 5.74) is 2.96. The molecule has 28 heavy (non-hydrogen) atoms. The molecule has 0 saturated heterocycles. The van der Waals surface area contributed by atoms with Crippen LogP contribution in [0.15, 0.2) is 46.9 Å². The van der Waals surface area contributed by atoms with Crippen LogP contribution in [0.3, 0.4) is 0 Å². The van der Waals surface area contributed by atoms with Gasteiger partial charge < -0.3 is 24.1 Å². The summed E-state index contributed by atoms with van der Waals surface area (Å²) in [6, 6.07) is 13.6. The Morgan fingerprint density at radius 2 is 2.11 bits per heavy atom. The van der Waals surface area contributed by atoms with E-state index in [1.54, 1.807) is 13.2 Å². The second-order valence-electron chi connectivity index (χ2n) is 7.14. The highest BCUT2D eigenvalue weighted by Gasteiger charge is 2.21. The molecule has 2 heterocycles. The molecule has 6 heteroatoms. The Labute approximate surface area is 164 Å². The maximum Gasteiger partial charge on any atom is 0.287 e. The van der Waals surface area contributed by atoms with Gasteiger partial charge in [-0.3, -0.25) is 4.79 Å². The van der Waals surface area contributed by atoms with Crippen molar-refractivity contribution in [1.82, 2.24) is 10.2 Å². The Balaban J connectivity index is 1.51. The fourth-order valence-corrected chi connectivity index (χ4v) is 3.60. The molecule has 0 saturated carbocycles. The number of furan rings is 1. The number of benzene rings is 2. The van der Waals surface area contributed by atoms with Crippen molar-refractivity contribution in [3.63, 3.8) is 0 Å². The summed E-state index contributed by atoms with van der Waals surface area (Å²) in [6.07, 6.45) is 0.927. The number of carbonyl (C=O) groups excluding carboxylic acids is 1. The third-order valence-electron chi connectivity index (χ3n) is 5.13. The minimum atomic E-state index is -0.241.